The van der Waals surface area contributed by atoms with Gasteiger partial charge in [-0.2, -0.15) is 0 Å². The Bertz CT molecular complexity index is 491. The predicted octanol–water partition coefficient (Wildman–Crippen LogP) is 4.40. The second kappa shape index (κ2) is 5.95. The number of hydrogen-bond acceptors (Lipinski definition) is 3. The van der Waals surface area contributed by atoms with E-state index in [9.17, 15) is 0 Å². The van der Waals surface area contributed by atoms with Gasteiger partial charge >= 0.3 is 0 Å². The molecule has 1 atom stereocenters. The van der Waals surface area contributed by atoms with Crippen molar-refractivity contribution in [1.29, 1.82) is 0 Å². The van der Waals surface area contributed by atoms with Crippen LogP contribution < -0.4 is 5.32 Å². The van der Waals surface area contributed by atoms with Crippen molar-refractivity contribution in [3.05, 3.63) is 20.8 Å². The van der Waals surface area contributed by atoms with Crippen molar-refractivity contribution in [2.24, 2.45) is 5.92 Å². The molecule has 2 aliphatic carbocycles. The molecule has 1 N–H and O–H groups in total. The van der Waals surface area contributed by atoms with Crippen LogP contribution in [0.15, 0.2) is 15.9 Å². The van der Waals surface area contributed by atoms with Crippen LogP contribution in [0.4, 0.5) is 0 Å². The van der Waals surface area contributed by atoms with E-state index in [1.165, 1.54) is 66.7 Å². The third-order valence-electron chi connectivity index (χ3n) is 5.73. The summed E-state index contributed by atoms with van der Waals surface area (Å²) in [4.78, 5) is 4.37. The Morgan fingerprint density at radius 3 is 2.71 bits per heavy atom. The van der Waals surface area contributed by atoms with Gasteiger partial charge in [0.05, 0.1) is 3.79 Å². The zero-order valence-electron chi connectivity index (χ0n) is 12.6. The SMILES string of the molecule is Brc1ccc(CN2CC(C3CC3)NCC23CCCCC3)s1. The van der Waals surface area contributed by atoms with Gasteiger partial charge in [-0.05, 0) is 59.7 Å². The zero-order chi connectivity index (χ0) is 14.3. The molecule has 1 aromatic heterocycles. The van der Waals surface area contributed by atoms with E-state index in [2.05, 4.69) is 38.3 Å². The van der Waals surface area contributed by atoms with Crippen LogP contribution in [0.2, 0.25) is 0 Å². The summed E-state index contributed by atoms with van der Waals surface area (Å²) in [5.41, 5.74) is 0.445. The van der Waals surface area contributed by atoms with Gasteiger partial charge in [0, 0.05) is 36.1 Å². The van der Waals surface area contributed by atoms with E-state index in [0.717, 1.165) is 18.5 Å². The Morgan fingerprint density at radius 2 is 2.05 bits per heavy atom. The molecule has 0 bridgehead atoms. The van der Waals surface area contributed by atoms with E-state index in [4.69, 9.17) is 0 Å². The van der Waals surface area contributed by atoms with Gasteiger partial charge in [-0.1, -0.05) is 19.3 Å². The summed E-state index contributed by atoms with van der Waals surface area (Å²) < 4.78 is 1.27. The van der Waals surface area contributed by atoms with Crippen LogP contribution in [0.3, 0.4) is 0 Å². The van der Waals surface area contributed by atoms with Crippen LogP contribution in [0.5, 0.6) is 0 Å². The van der Waals surface area contributed by atoms with Crippen molar-refractivity contribution in [2.75, 3.05) is 13.1 Å². The van der Waals surface area contributed by atoms with E-state index in [1.807, 2.05) is 11.3 Å². The molecule has 3 aliphatic rings. The van der Waals surface area contributed by atoms with Gasteiger partial charge in [0.2, 0.25) is 0 Å². The largest absolute Gasteiger partial charge is 0.311 e. The normalized spacial score (nSPS) is 29.9. The quantitative estimate of drug-likeness (QED) is 0.850. The molecule has 116 valence electrons. The second-order valence-corrected chi connectivity index (χ2v) is 9.74. The first-order chi connectivity index (χ1) is 10.3. The number of thiophene rings is 1. The molecule has 3 fully saturated rings. The Hall–Kier alpha value is 0.1000. The maximum atomic E-state index is 3.92. The molecule has 2 nitrogen and oxygen atoms in total. The number of nitrogens with one attached hydrogen (secondary N) is 1. The summed E-state index contributed by atoms with van der Waals surface area (Å²) in [6.07, 6.45) is 9.95. The molecule has 1 saturated heterocycles. The number of piperazine rings is 1. The second-order valence-electron chi connectivity index (χ2n) is 7.20. The molecule has 21 heavy (non-hydrogen) atoms. The fraction of sp³-hybridized carbons (Fsp3) is 0.765. The van der Waals surface area contributed by atoms with Gasteiger partial charge in [-0.25, -0.2) is 0 Å². The number of halogens is 1. The number of rotatable bonds is 3. The minimum Gasteiger partial charge on any atom is -0.311 e. The van der Waals surface area contributed by atoms with Crippen LogP contribution in [0.1, 0.15) is 49.8 Å². The summed E-state index contributed by atoms with van der Waals surface area (Å²) in [5.74, 6) is 0.962. The highest BCUT2D eigenvalue weighted by Crippen LogP contribution is 2.41. The molecule has 2 heterocycles. The van der Waals surface area contributed by atoms with Gasteiger partial charge in [0.15, 0.2) is 0 Å². The highest BCUT2D eigenvalue weighted by molar-refractivity contribution is 9.11. The smallest absolute Gasteiger partial charge is 0.0701 e. The van der Waals surface area contributed by atoms with E-state index < -0.39 is 0 Å². The van der Waals surface area contributed by atoms with Gasteiger partial charge < -0.3 is 5.32 Å². The van der Waals surface area contributed by atoms with Gasteiger partial charge in [-0.15, -0.1) is 11.3 Å². The first kappa shape index (κ1) is 14.7. The highest BCUT2D eigenvalue weighted by atomic mass is 79.9. The number of hydrogen-bond donors (Lipinski definition) is 1. The maximum absolute atomic E-state index is 3.92. The van der Waals surface area contributed by atoms with Gasteiger partial charge in [0.25, 0.3) is 0 Å². The molecule has 0 aromatic carbocycles. The summed E-state index contributed by atoms with van der Waals surface area (Å²) in [7, 11) is 0. The maximum Gasteiger partial charge on any atom is 0.0701 e. The van der Waals surface area contributed by atoms with Crippen molar-refractivity contribution < 1.29 is 0 Å². The Balaban J connectivity index is 1.53. The van der Waals surface area contributed by atoms with Gasteiger partial charge in [-0.3, -0.25) is 4.90 Å². The third kappa shape index (κ3) is 3.10. The minimum atomic E-state index is 0.445. The molecule has 1 unspecified atom stereocenters. The highest BCUT2D eigenvalue weighted by Gasteiger charge is 2.45. The van der Waals surface area contributed by atoms with Crippen molar-refractivity contribution in [3.8, 4) is 0 Å². The van der Waals surface area contributed by atoms with E-state index in [1.54, 1.807) is 0 Å². The molecule has 1 aromatic rings. The molecular formula is C17H25BrN2S. The minimum absolute atomic E-state index is 0.445. The Morgan fingerprint density at radius 1 is 1.24 bits per heavy atom. The van der Waals surface area contributed by atoms with Crippen LogP contribution >= 0.6 is 27.3 Å². The van der Waals surface area contributed by atoms with E-state index in [0.29, 0.717) is 5.54 Å². The molecule has 2 saturated carbocycles. The molecule has 1 aliphatic heterocycles. The zero-order valence-corrected chi connectivity index (χ0v) is 15.0. The lowest BCUT2D eigenvalue weighted by Gasteiger charge is -2.52. The van der Waals surface area contributed by atoms with E-state index in [-0.39, 0.29) is 0 Å². The Kier molecular flexibility index (Phi) is 4.16. The molecule has 4 heteroatoms. The average Bonchev–Trinajstić information content (AvgIpc) is 3.26. The lowest BCUT2D eigenvalue weighted by Crippen LogP contribution is -2.65. The predicted molar refractivity (Wildman–Crippen MR) is 92.8 cm³/mol. The molecule has 1 spiro atoms. The molecular weight excluding hydrogens is 344 g/mol. The van der Waals surface area contributed by atoms with Crippen molar-refractivity contribution in [1.82, 2.24) is 10.2 Å². The standard InChI is InChI=1S/C17H25BrN2S/c18-16-7-6-14(21-16)10-20-11-15(13-4-5-13)19-12-17(20)8-2-1-3-9-17/h6-7,13,15,19H,1-5,8-12H2. The average molecular weight is 369 g/mol. The molecule has 4 rings (SSSR count). The monoisotopic (exact) mass is 368 g/mol. The number of nitrogens with zero attached hydrogens (tertiary/aromatic N) is 1. The third-order valence-corrected chi connectivity index (χ3v) is 7.34. The van der Waals surface area contributed by atoms with Crippen molar-refractivity contribution >= 4 is 27.3 Å². The first-order valence-electron chi connectivity index (χ1n) is 8.48. The van der Waals surface area contributed by atoms with Gasteiger partial charge in [0.1, 0.15) is 0 Å². The van der Waals surface area contributed by atoms with Crippen molar-refractivity contribution in [3.63, 3.8) is 0 Å². The van der Waals surface area contributed by atoms with E-state index >= 15 is 0 Å². The summed E-state index contributed by atoms with van der Waals surface area (Å²) in [6, 6.07) is 5.26. The summed E-state index contributed by atoms with van der Waals surface area (Å²) >= 11 is 5.53. The first-order valence-corrected chi connectivity index (χ1v) is 10.1. The lowest BCUT2D eigenvalue weighted by molar-refractivity contribution is 0.000436. The summed E-state index contributed by atoms with van der Waals surface area (Å²) in [6.45, 7) is 3.64. The topological polar surface area (TPSA) is 15.3 Å². The fourth-order valence-corrected chi connectivity index (χ4v) is 5.80. The lowest BCUT2D eigenvalue weighted by atomic mass is 9.78. The van der Waals surface area contributed by atoms with Crippen LogP contribution in [0, 0.1) is 5.92 Å². The Labute approximate surface area is 140 Å². The summed E-state index contributed by atoms with van der Waals surface area (Å²) in [5, 5.41) is 3.92. The van der Waals surface area contributed by atoms with Crippen LogP contribution in [-0.4, -0.2) is 29.6 Å². The van der Waals surface area contributed by atoms with Crippen LogP contribution in [-0.2, 0) is 6.54 Å². The van der Waals surface area contributed by atoms with Crippen LogP contribution in [0.25, 0.3) is 0 Å². The van der Waals surface area contributed by atoms with Crippen molar-refractivity contribution in [2.45, 2.75) is 63.1 Å². The fourth-order valence-electron chi connectivity index (χ4n) is 4.30. The molecule has 0 radical (unpaired) electrons. The molecule has 0 amide bonds.